The summed E-state index contributed by atoms with van der Waals surface area (Å²) in [5.74, 6) is -0.982. The van der Waals surface area contributed by atoms with Crippen LogP contribution in [0.2, 0.25) is 0 Å². The van der Waals surface area contributed by atoms with Crippen LogP contribution in [0.4, 0.5) is 4.79 Å². The number of thiazole rings is 1. The van der Waals surface area contributed by atoms with Crippen LogP contribution in [0.5, 0.6) is 0 Å². The molecular formula is C14H22N2O4S. The third kappa shape index (κ3) is 5.00. The van der Waals surface area contributed by atoms with Gasteiger partial charge in [-0.15, -0.1) is 11.3 Å². The number of ether oxygens (including phenoxy) is 1. The van der Waals surface area contributed by atoms with E-state index in [4.69, 9.17) is 9.84 Å². The number of alkyl carbamates (subject to hydrolysis) is 1. The number of hydrogen-bond acceptors (Lipinski definition) is 5. The van der Waals surface area contributed by atoms with Gasteiger partial charge in [-0.25, -0.2) is 14.6 Å². The summed E-state index contributed by atoms with van der Waals surface area (Å²) < 4.78 is 5.19. The molecule has 0 spiro atoms. The van der Waals surface area contributed by atoms with Crippen LogP contribution in [-0.2, 0) is 9.53 Å². The van der Waals surface area contributed by atoms with E-state index in [1.807, 2.05) is 19.2 Å². The molecular weight excluding hydrogens is 292 g/mol. The van der Waals surface area contributed by atoms with Crippen molar-refractivity contribution in [1.29, 1.82) is 0 Å². The second-order valence-corrected chi connectivity index (χ2v) is 6.41. The lowest BCUT2D eigenvalue weighted by Gasteiger charge is -2.19. The lowest BCUT2D eigenvalue weighted by molar-refractivity contribution is -0.140. The smallest absolute Gasteiger partial charge is 0.408 e. The molecule has 2 N–H and O–H groups in total. The van der Waals surface area contributed by atoms with Gasteiger partial charge in [0.2, 0.25) is 0 Å². The van der Waals surface area contributed by atoms with Crippen LogP contribution in [-0.4, -0.2) is 28.2 Å². The molecule has 0 aliphatic carbocycles. The number of aromatic nitrogens is 1. The molecule has 0 saturated heterocycles. The van der Waals surface area contributed by atoms with E-state index >= 15 is 0 Å². The predicted octanol–water partition coefficient (Wildman–Crippen LogP) is 3.16. The van der Waals surface area contributed by atoms with Crippen LogP contribution in [0.1, 0.15) is 57.3 Å². The van der Waals surface area contributed by atoms with Gasteiger partial charge in [0.1, 0.15) is 12.1 Å². The molecule has 0 fully saturated rings. The maximum absolute atomic E-state index is 11.8. The van der Waals surface area contributed by atoms with Gasteiger partial charge in [0, 0.05) is 11.3 Å². The van der Waals surface area contributed by atoms with E-state index in [2.05, 4.69) is 10.3 Å². The molecule has 2 unspecified atom stereocenters. The highest BCUT2D eigenvalue weighted by Gasteiger charge is 2.25. The number of carbonyl (C=O) groups is 2. The van der Waals surface area contributed by atoms with Gasteiger partial charge in [0.05, 0.1) is 10.7 Å². The summed E-state index contributed by atoms with van der Waals surface area (Å²) in [7, 11) is 0. The first kappa shape index (κ1) is 17.4. The summed E-state index contributed by atoms with van der Waals surface area (Å²) in [6.07, 6.45) is -1.27. The molecule has 7 heteroatoms. The molecule has 0 bridgehead atoms. The maximum Gasteiger partial charge on any atom is 0.408 e. The topological polar surface area (TPSA) is 88.5 Å². The van der Waals surface area contributed by atoms with E-state index < -0.39 is 24.2 Å². The number of carbonyl (C=O) groups excluding carboxylic acids is 1. The van der Waals surface area contributed by atoms with E-state index in [0.717, 1.165) is 5.01 Å². The van der Waals surface area contributed by atoms with Crippen molar-refractivity contribution in [3.8, 4) is 0 Å². The van der Waals surface area contributed by atoms with Crippen LogP contribution in [0.3, 0.4) is 0 Å². The zero-order chi connectivity index (χ0) is 16.2. The molecule has 0 saturated carbocycles. The first-order valence-corrected chi connectivity index (χ1v) is 7.75. The fraction of sp³-hybridized carbons (Fsp3) is 0.643. The third-order valence-corrected chi connectivity index (χ3v) is 4.10. The molecule has 1 rings (SSSR count). The number of carboxylic acid groups (broad SMARTS) is 1. The number of hydrogen-bond donors (Lipinski definition) is 2. The van der Waals surface area contributed by atoms with Crippen LogP contribution < -0.4 is 5.32 Å². The van der Waals surface area contributed by atoms with E-state index in [0.29, 0.717) is 11.6 Å². The Hall–Kier alpha value is -1.63. The number of nitrogens with zero attached hydrogens (tertiary/aromatic N) is 1. The fourth-order valence-electron chi connectivity index (χ4n) is 1.65. The first-order valence-electron chi connectivity index (χ1n) is 6.87. The van der Waals surface area contributed by atoms with Crippen molar-refractivity contribution < 1.29 is 19.4 Å². The molecule has 0 aliphatic rings. The molecule has 1 heterocycles. The summed E-state index contributed by atoms with van der Waals surface area (Å²) in [4.78, 5) is 27.2. The molecule has 1 aromatic rings. The zero-order valence-electron chi connectivity index (χ0n) is 12.9. The van der Waals surface area contributed by atoms with Gasteiger partial charge >= 0.3 is 12.1 Å². The number of carboxylic acids is 1. The molecule has 0 aliphatic heterocycles. The van der Waals surface area contributed by atoms with Crippen molar-refractivity contribution in [3.63, 3.8) is 0 Å². The molecule has 1 amide bonds. The molecule has 0 radical (unpaired) electrons. The Morgan fingerprint density at radius 3 is 2.33 bits per heavy atom. The van der Waals surface area contributed by atoms with Crippen LogP contribution >= 0.6 is 11.3 Å². The number of aliphatic carboxylic acids is 1. The molecule has 0 aromatic carbocycles. The standard InChI is InChI=1S/C14H22N2O4S/c1-7(2)11(13(17)18)16-14(19)20-9(5)10-6-21-12(15-10)8(3)4/h6-9,11H,1-5H3,(H,16,19)(H,17,18). The van der Waals surface area contributed by atoms with Crippen molar-refractivity contribution in [1.82, 2.24) is 10.3 Å². The highest BCUT2D eigenvalue weighted by atomic mass is 32.1. The summed E-state index contributed by atoms with van der Waals surface area (Å²) >= 11 is 1.52. The van der Waals surface area contributed by atoms with Crippen LogP contribution in [0.15, 0.2) is 5.38 Å². The van der Waals surface area contributed by atoms with Gasteiger partial charge in [0.15, 0.2) is 0 Å². The molecule has 1 aromatic heterocycles. The van der Waals surface area contributed by atoms with Gasteiger partial charge in [0.25, 0.3) is 0 Å². The van der Waals surface area contributed by atoms with Crippen molar-refractivity contribution in [2.75, 3.05) is 0 Å². The Kier molecular flexibility index (Phi) is 6.14. The van der Waals surface area contributed by atoms with Gasteiger partial charge in [-0.1, -0.05) is 27.7 Å². The Morgan fingerprint density at radius 1 is 1.29 bits per heavy atom. The normalized spacial score (nSPS) is 14.0. The minimum absolute atomic E-state index is 0.225. The third-order valence-electron chi connectivity index (χ3n) is 2.94. The maximum atomic E-state index is 11.8. The minimum Gasteiger partial charge on any atom is -0.480 e. The average molecular weight is 314 g/mol. The number of amides is 1. The second-order valence-electron chi connectivity index (χ2n) is 5.52. The molecule has 6 nitrogen and oxygen atoms in total. The van der Waals surface area contributed by atoms with Crippen molar-refractivity contribution in [2.45, 2.75) is 52.7 Å². The van der Waals surface area contributed by atoms with E-state index in [1.165, 1.54) is 11.3 Å². The van der Waals surface area contributed by atoms with Crippen molar-refractivity contribution in [3.05, 3.63) is 16.1 Å². The average Bonchev–Trinajstić information content (AvgIpc) is 2.84. The lowest BCUT2D eigenvalue weighted by Crippen LogP contribution is -2.44. The molecule has 2 atom stereocenters. The largest absolute Gasteiger partial charge is 0.480 e. The first-order chi connectivity index (χ1) is 9.72. The Morgan fingerprint density at radius 2 is 1.90 bits per heavy atom. The van der Waals surface area contributed by atoms with Gasteiger partial charge in [-0.05, 0) is 12.8 Å². The van der Waals surface area contributed by atoms with Crippen molar-refractivity contribution >= 4 is 23.4 Å². The Labute approximate surface area is 128 Å². The Balaban J connectivity index is 2.62. The highest BCUT2D eigenvalue weighted by molar-refractivity contribution is 7.09. The van der Waals surface area contributed by atoms with Gasteiger partial charge in [-0.3, -0.25) is 0 Å². The van der Waals surface area contributed by atoms with Gasteiger partial charge in [-0.2, -0.15) is 0 Å². The van der Waals surface area contributed by atoms with Gasteiger partial charge < -0.3 is 15.2 Å². The lowest BCUT2D eigenvalue weighted by atomic mass is 10.1. The van der Waals surface area contributed by atoms with E-state index in [-0.39, 0.29) is 5.92 Å². The van der Waals surface area contributed by atoms with Crippen LogP contribution in [0, 0.1) is 5.92 Å². The van der Waals surface area contributed by atoms with E-state index in [1.54, 1.807) is 20.8 Å². The summed E-state index contributed by atoms with van der Waals surface area (Å²) in [5.41, 5.74) is 0.676. The fourth-order valence-corrected chi connectivity index (χ4v) is 2.56. The van der Waals surface area contributed by atoms with Crippen LogP contribution in [0.25, 0.3) is 0 Å². The molecule has 118 valence electrons. The number of nitrogens with one attached hydrogen (secondary N) is 1. The minimum atomic E-state index is -1.08. The summed E-state index contributed by atoms with van der Waals surface area (Å²) in [5, 5.41) is 14.2. The second kappa shape index (κ2) is 7.40. The highest BCUT2D eigenvalue weighted by Crippen LogP contribution is 2.24. The predicted molar refractivity (Wildman–Crippen MR) is 80.5 cm³/mol. The summed E-state index contributed by atoms with van der Waals surface area (Å²) in [6.45, 7) is 9.24. The SMILES string of the molecule is CC(C)c1nc(C(C)OC(=O)NC(C(=O)O)C(C)C)cs1. The number of rotatable bonds is 6. The monoisotopic (exact) mass is 314 g/mol. The molecule has 21 heavy (non-hydrogen) atoms. The van der Waals surface area contributed by atoms with Crippen molar-refractivity contribution in [2.24, 2.45) is 5.92 Å². The quantitative estimate of drug-likeness (QED) is 0.842. The zero-order valence-corrected chi connectivity index (χ0v) is 13.7. The summed E-state index contributed by atoms with van der Waals surface area (Å²) in [6, 6.07) is -0.966. The van der Waals surface area contributed by atoms with E-state index in [9.17, 15) is 9.59 Å². The Bertz CT molecular complexity index is 499.